The minimum atomic E-state index is -0.990. The lowest BCUT2D eigenvalue weighted by Crippen LogP contribution is -2.11. The first-order valence-corrected chi connectivity index (χ1v) is 9.07. The van der Waals surface area contributed by atoms with Crippen LogP contribution in [0.1, 0.15) is 21.6 Å². The van der Waals surface area contributed by atoms with Gasteiger partial charge >= 0.3 is 5.97 Å². The smallest absolute Gasteiger partial charge is 0.354 e. The number of nitrogens with one attached hydrogen (secondary N) is 1. The first kappa shape index (κ1) is 16.6. The second-order valence-electron chi connectivity index (χ2n) is 6.24. The van der Waals surface area contributed by atoms with E-state index in [0.717, 1.165) is 32.1 Å². The molecular formula is C20H17FN2O2S. The van der Waals surface area contributed by atoms with Crippen molar-refractivity contribution in [1.82, 2.24) is 4.57 Å². The molecule has 4 rings (SSSR count). The highest BCUT2D eigenvalue weighted by Gasteiger charge is 2.23. The molecule has 0 amide bonds. The summed E-state index contributed by atoms with van der Waals surface area (Å²) < 4.78 is 16.5. The summed E-state index contributed by atoms with van der Waals surface area (Å²) in [5.74, 6) is -1.28. The highest BCUT2D eigenvalue weighted by molar-refractivity contribution is 7.17. The minimum Gasteiger partial charge on any atom is -0.477 e. The standard InChI is InChI=1S/C20H17FN2O2S/c1-11-4-3-5-15-17(11)18(22-2)19(20(24)25)23(15)9-12-10-26-16-7-6-13(21)8-14(12)16/h3-8,10,22H,9H2,1-2H3,(H,24,25). The Morgan fingerprint density at radius 2 is 2.12 bits per heavy atom. The van der Waals surface area contributed by atoms with Gasteiger partial charge < -0.3 is 15.0 Å². The summed E-state index contributed by atoms with van der Waals surface area (Å²) in [5, 5.41) is 16.6. The van der Waals surface area contributed by atoms with E-state index in [9.17, 15) is 14.3 Å². The molecule has 26 heavy (non-hydrogen) atoms. The van der Waals surface area contributed by atoms with Gasteiger partial charge in [0.05, 0.1) is 11.2 Å². The molecule has 2 heterocycles. The number of hydrogen-bond donors (Lipinski definition) is 2. The summed E-state index contributed by atoms with van der Waals surface area (Å²) in [5.41, 5.74) is 3.59. The van der Waals surface area contributed by atoms with Gasteiger partial charge in [-0.05, 0) is 47.7 Å². The van der Waals surface area contributed by atoms with Gasteiger partial charge in [0.1, 0.15) is 5.82 Å². The summed E-state index contributed by atoms with van der Waals surface area (Å²) >= 11 is 1.53. The molecule has 4 aromatic rings. The van der Waals surface area contributed by atoms with Crippen LogP contribution in [0.4, 0.5) is 10.1 Å². The molecule has 2 N–H and O–H groups in total. The van der Waals surface area contributed by atoms with Gasteiger partial charge in [-0.2, -0.15) is 0 Å². The number of hydrogen-bond acceptors (Lipinski definition) is 3. The Kier molecular flexibility index (Phi) is 3.92. The first-order chi connectivity index (χ1) is 12.5. The van der Waals surface area contributed by atoms with Crippen LogP contribution < -0.4 is 5.32 Å². The summed E-state index contributed by atoms with van der Waals surface area (Å²) in [6.45, 7) is 2.33. The van der Waals surface area contributed by atoms with Gasteiger partial charge in [-0.25, -0.2) is 9.18 Å². The molecule has 0 spiro atoms. The maximum absolute atomic E-state index is 13.7. The average Bonchev–Trinajstić information content (AvgIpc) is 3.15. The number of anilines is 1. The number of nitrogens with zero attached hydrogens (tertiary/aromatic N) is 1. The van der Waals surface area contributed by atoms with Crippen LogP contribution in [-0.4, -0.2) is 22.7 Å². The minimum absolute atomic E-state index is 0.215. The largest absolute Gasteiger partial charge is 0.477 e. The van der Waals surface area contributed by atoms with E-state index in [1.165, 1.54) is 23.5 Å². The van der Waals surface area contributed by atoms with Crippen LogP contribution in [0.3, 0.4) is 0 Å². The zero-order valence-corrected chi connectivity index (χ0v) is 15.2. The summed E-state index contributed by atoms with van der Waals surface area (Å²) in [4.78, 5) is 12.0. The molecule has 6 heteroatoms. The Morgan fingerprint density at radius 1 is 1.31 bits per heavy atom. The van der Waals surface area contributed by atoms with Crippen molar-refractivity contribution in [1.29, 1.82) is 0 Å². The maximum Gasteiger partial charge on any atom is 0.354 e. The number of carbonyl (C=O) groups is 1. The molecule has 0 aliphatic rings. The van der Waals surface area contributed by atoms with Crippen molar-refractivity contribution in [2.75, 3.05) is 12.4 Å². The maximum atomic E-state index is 13.7. The van der Waals surface area contributed by atoms with Crippen molar-refractivity contribution in [3.8, 4) is 0 Å². The SMILES string of the molecule is CNc1c(C(=O)O)n(Cc2csc3ccc(F)cc23)c2cccc(C)c12. The fourth-order valence-electron chi connectivity index (χ4n) is 3.55. The Balaban J connectivity index is 1.98. The zero-order valence-electron chi connectivity index (χ0n) is 14.3. The molecule has 132 valence electrons. The number of fused-ring (bicyclic) bond motifs is 2. The summed E-state index contributed by atoms with van der Waals surface area (Å²) in [6, 6.07) is 10.5. The lowest BCUT2D eigenvalue weighted by Gasteiger charge is -2.09. The van der Waals surface area contributed by atoms with Gasteiger partial charge in [0, 0.05) is 29.1 Å². The highest BCUT2D eigenvalue weighted by Crippen LogP contribution is 2.35. The predicted octanol–water partition coefficient (Wildman–Crippen LogP) is 5.09. The second kappa shape index (κ2) is 6.14. The van der Waals surface area contributed by atoms with Crippen molar-refractivity contribution in [2.45, 2.75) is 13.5 Å². The van der Waals surface area contributed by atoms with Crippen LogP contribution in [0, 0.1) is 12.7 Å². The zero-order chi connectivity index (χ0) is 18.4. The van der Waals surface area contributed by atoms with E-state index in [1.54, 1.807) is 17.7 Å². The third-order valence-electron chi connectivity index (χ3n) is 4.70. The molecule has 0 aliphatic heterocycles. The number of carboxylic acid groups (broad SMARTS) is 1. The molecule has 0 fully saturated rings. The molecular weight excluding hydrogens is 351 g/mol. The fraction of sp³-hybridized carbons (Fsp3) is 0.150. The topological polar surface area (TPSA) is 54.3 Å². The molecule has 0 bridgehead atoms. The summed E-state index contributed by atoms with van der Waals surface area (Å²) in [7, 11) is 1.73. The highest BCUT2D eigenvalue weighted by atomic mass is 32.1. The van der Waals surface area contributed by atoms with Crippen molar-refractivity contribution in [3.63, 3.8) is 0 Å². The Labute approximate surface area is 153 Å². The van der Waals surface area contributed by atoms with Crippen LogP contribution in [-0.2, 0) is 6.54 Å². The lowest BCUT2D eigenvalue weighted by atomic mass is 10.1. The van der Waals surface area contributed by atoms with E-state index >= 15 is 0 Å². The van der Waals surface area contributed by atoms with Gasteiger partial charge in [0.2, 0.25) is 0 Å². The third-order valence-corrected chi connectivity index (χ3v) is 5.71. The van der Waals surface area contributed by atoms with Crippen LogP contribution in [0.2, 0.25) is 0 Å². The quantitative estimate of drug-likeness (QED) is 0.527. The Bertz CT molecular complexity index is 1160. The molecule has 2 aromatic carbocycles. The average molecular weight is 368 g/mol. The number of benzene rings is 2. The number of aromatic carboxylic acids is 1. The molecule has 0 saturated heterocycles. The summed E-state index contributed by atoms with van der Waals surface area (Å²) in [6.07, 6.45) is 0. The monoisotopic (exact) mass is 368 g/mol. The number of aryl methyl sites for hydroxylation is 1. The number of carboxylic acids is 1. The number of rotatable bonds is 4. The third kappa shape index (κ3) is 2.45. The molecule has 0 atom stereocenters. The molecule has 0 saturated carbocycles. The normalized spacial score (nSPS) is 11.3. The molecule has 4 nitrogen and oxygen atoms in total. The van der Waals surface area contributed by atoms with Gasteiger partial charge in [-0.1, -0.05) is 12.1 Å². The molecule has 0 radical (unpaired) electrons. The van der Waals surface area contributed by atoms with Crippen LogP contribution >= 0.6 is 11.3 Å². The van der Waals surface area contributed by atoms with E-state index in [4.69, 9.17) is 0 Å². The van der Waals surface area contributed by atoms with E-state index in [1.807, 2.05) is 30.5 Å². The van der Waals surface area contributed by atoms with Crippen LogP contribution in [0.25, 0.3) is 21.0 Å². The number of thiophene rings is 1. The molecule has 0 unspecified atom stereocenters. The number of halogens is 1. The van der Waals surface area contributed by atoms with Crippen molar-refractivity contribution < 1.29 is 14.3 Å². The van der Waals surface area contributed by atoms with Crippen molar-refractivity contribution >= 4 is 44.0 Å². The Hall–Kier alpha value is -2.86. The molecule has 0 aliphatic carbocycles. The van der Waals surface area contributed by atoms with E-state index in [-0.39, 0.29) is 11.5 Å². The van der Waals surface area contributed by atoms with Crippen LogP contribution in [0.15, 0.2) is 41.8 Å². The van der Waals surface area contributed by atoms with Gasteiger partial charge in [-0.3, -0.25) is 0 Å². The van der Waals surface area contributed by atoms with Crippen molar-refractivity contribution in [2.24, 2.45) is 0 Å². The molecule has 2 aromatic heterocycles. The van der Waals surface area contributed by atoms with Gasteiger partial charge in [-0.15, -0.1) is 11.3 Å². The Morgan fingerprint density at radius 3 is 2.85 bits per heavy atom. The van der Waals surface area contributed by atoms with E-state index in [2.05, 4.69) is 5.32 Å². The second-order valence-corrected chi connectivity index (χ2v) is 7.15. The first-order valence-electron chi connectivity index (χ1n) is 8.19. The van der Waals surface area contributed by atoms with E-state index in [0.29, 0.717) is 12.2 Å². The number of aromatic nitrogens is 1. The fourth-order valence-corrected chi connectivity index (χ4v) is 4.49. The van der Waals surface area contributed by atoms with Crippen LogP contribution in [0.5, 0.6) is 0 Å². The van der Waals surface area contributed by atoms with Crippen molar-refractivity contribution in [3.05, 3.63) is 64.4 Å². The van der Waals surface area contributed by atoms with Gasteiger partial charge in [0.25, 0.3) is 0 Å². The lowest BCUT2D eigenvalue weighted by molar-refractivity contribution is 0.0687. The predicted molar refractivity (Wildman–Crippen MR) is 104 cm³/mol. The van der Waals surface area contributed by atoms with Gasteiger partial charge in [0.15, 0.2) is 5.69 Å². The van der Waals surface area contributed by atoms with E-state index < -0.39 is 5.97 Å².